The third-order valence-electron chi connectivity index (χ3n) is 4.70. The SMILES string of the molecule is O=C(O)CC1(CNC(=O)[C@@H]2CCCCN2)CCCCC1. The summed E-state index contributed by atoms with van der Waals surface area (Å²) in [4.78, 5) is 23.2. The predicted molar refractivity (Wildman–Crippen MR) is 76.4 cm³/mol. The first-order chi connectivity index (χ1) is 9.61. The van der Waals surface area contributed by atoms with Crippen LogP contribution in [0.2, 0.25) is 0 Å². The van der Waals surface area contributed by atoms with Gasteiger partial charge in [-0.2, -0.15) is 0 Å². The molecule has 2 aliphatic rings. The molecule has 0 aromatic rings. The number of hydrogen-bond donors (Lipinski definition) is 3. The van der Waals surface area contributed by atoms with E-state index in [1.54, 1.807) is 0 Å². The fraction of sp³-hybridized carbons (Fsp3) is 0.867. The molecule has 0 aromatic carbocycles. The lowest BCUT2D eigenvalue weighted by Gasteiger charge is -2.36. The summed E-state index contributed by atoms with van der Waals surface area (Å²) in [5.74, 6) is -0.711. The molecule has 0 aromatic heterocycles. The molecule has 0 bridgehead atoms. The zero-order chi connectivity index (χ0) is 14.4. The Hall–Kier alpha value is -1.10. The van der Waals surface area contributed by atoms with Gasteiger partial charge in [-0.15, -0.1) is 0 Å². The minimum atomic E-state index is -0.753. The summed E-state index contributed by atoms with van der Waals surface area (Å²) in [6.45, 7) is 1.41. The molecule has 1 saturated carbocycles. The van der Waals surface area contributed by atoms with Crippen LogP contribution < -0.4 is 10.6 Å². The Morgan fingerprint density at radius 2 is 1.90 bits per heavy atom. The monoisotopic (exact) mass is 282 g/mol. The molecule has 3 N–H and O–H groups in total. The van der Waals surface area contributed by atoms with Crippen LogP contribution in [0.25, 0.3) is 0 Å². The number of carbonyl (C=O) groups is 2. The van der Waals surface area contributed by atoms with Crippen molar-refractivity contribution in [3.8, 4) is 0 Å². The van der Waals surface area contributed by atoms with Gasteiger partial charge >= 0.3 is 5.97 Å². The van der Waals surface area contributed by atoms with Gasteiger partial charge in [0.2, 0.25) is 5.91 Å². The number of aliphatic carboxylic acids is 1. The Morgan fingerprint density at radius 1 is 1.15 bits per heavy atom. The van der Waals surface area contributed by atoms with Crippen LogP contribution in [0.15, 0.2) is 0 Å². The van der Waals surface area contributed by atoms with E-state index in [1.807, 2.05) is 0 Å². The molecule has 0 radical (unpaired) electrons. The van der Waals surface area contributed by atoms with Crippen LogP contribution in [-0.2, 0) is 9.59 Å². The van der Waals surface area contributed by atoms with Crippen LogP contribution >= 0.6 is 0 Å². The highest BCUT2D eigenvalue weighted by atomic mass is 16.4. The topological polar surface area (TPSA) is 78.4 Å². The van der Waals surface area contributed by atoms with Crippen LogP contribution in [0.1, 0.15) is 57.8 Å². The zero-order valence-electron chi connectivity index (χ0n) is 12.1. The Morgan fingerprint density at radius 3 is 2.50 bits per heavy atom. The molecular formula is C15H26N2O3. The first-order valence-electron chi connectivity index (χ1n) is 7.84. The largest absolute Gasteiger partial charge is 0.481 e. The molecule has 1 saturated heterocycles. The molecule has 0 unspecified atom stereocenters. The van der Waals surface area contributed by atoms with Crippen molar-refractivity contribution in [2.45, 2.75) is 63.8 Å². The van der Waals surface area contributed by atoms with E-state index in [9.17, 15) is 9.59 Å². The molecule has 1 amide bonds. The first kappa shape index (κ1) is 15.3. The molecule has 5 nitrogen and oxygen atoms in total. The number of nitrogens with one attached hydrogen (secondary N) is 2. The summed E-state index contributed by atoms with van der Waals surface area (Å²) in [7, 11) is 0. The van der Waals surface area contributed by atoms with Gasteiger partial charge in [0.15, 0.2) is 0 Å². The highest BCUT2D eigenvalue weighted by Crippen LogP contribution is 2.38. The lowest BCUT2D eigenvalue weighted by molar-refractivity contribution is -0.141. The number of hydrogen-bond acceptors (Lipinski definition) is 3. The number of carboxylic acids is 1. The second-order valence-electron chi connectivity index (χ2n) is 6.35. The Kier molecular flexibility index (Phi) is 5.40. The van der Waals surface area contributed by atoms with Crippen LogP contribution in [0, 0.1) is 5.41 Å². The van der Waals surface area contributed by atoms with Crippen molar-refractivity contribution in [3.63, 3.8) is 0 Å². The standard InChI is InChI=1S/C15H26N2O3/c18-13(19)10-15(7-3-1-4-8-15)11-17-14(20)12-6-2-5-9-16-12/h12,16H,1-11H2,(H,17,20)(H,18,19)/t12-/m0/s1. The third-order valence-corrected chi connectivity index (χ3v) is 4.70. The number of carboxylic acid groups (broad SMARTS) is 1. The van der Waals surface area contributed by atoms with Gasteiger partial charge < -0.3 is 15.7 Å². The van der Waals surface area contributed by atoms with Gasteiger partial charge in [-0.1, -0.05) is 25.7 Å². The lowest BCUT2D eigenvalue weighted by Crippen LogP contribution is -2.49. The maximum Gasteiger partial charge on any atom is 0.303 e. The number of amides is 1. The van der Waals surface area contributed by atoms with E-state index in [1.165, 1.54) is 6.42 Å². The van der Waals surface area contributed by atoms with Crippen molar-refractivity contribution in [1.29, 1.82) is 0 Å². The van der Waals surface area contributed by atoms with E-state index in [-0.39, 0.29) is 23.8 Å². The van der Waals surface area contributed by atoms with Crippen LogP contribution in [0.3, 0.4) is 0 Å². The molecule has 5 heteroatoms. The maximum atomic E-state index is 12.1. The molecule has 1 aliphatic heterocycles. The van der Waals surface area contributed by atoms with Crippen molar-refractivity contribution in [2.24, 2.45) is 5.41 Å². The van der Waals surface area contributed by atoms with Crippen molar-refractivity contribution < 1.29 is 14.7 Å². The predicted octanol–water partition coefficient (Wildman–Crippen LogP) is 1.67. The van der Waals surface area contributed by atoms with Crippen LogP contribution in [0.5, 0.6) is 0 Å². The van der Waals surface area contributed by atoms with Crippen molar-refractivity contribution in [2.75, 3.05) is 13.1 Å². The third kappa shape index (κ3) is 4.20. The molecule has 114 valence electrons. The first-order valence-corrected chi connectivity index (χ1v) is 7.84. The highest BCUT2D eigenvalue weighted by molar-refractivity contribution is 5.82. The van der Waals surface area contributed by atoms with Crippen LogP contribution in [0.4, 0.5) is 0 Å². The highest BCUT2D eigenvalue weighted by Gasteiger charge is 2.35. The van der Waals surface area contributed by atoms with Gasteiger partial charge in [0, 0.05) is 6.54 Å². The van der Waals surface area contributed by atoms with Crippen molar-refractivity contribution in [3.05, 3.63) is 0 Å². The summed E-state index contributed by atoms with van der Waals surface area (Å²) >= 11 is 0. The Labute approximate surface area is 120 Å². The molecule has 2 rings (SSSR count). The molecule has 1 atom stereocenters. The van der Waals surface area contributed by atoms with E-state index in [4.69, 9.17) is 5.11 Å². The van der Waals surface area contributed by atoms with Gasteiger partial charge in [0.05, 0.1) is 12.5 Å². The minimum absolute atomic E-state index is 0.0417. The summed E-state index contributed by atoms with van der Waals surface area (Å²) in [5.41, 5.74) is -0.228. The summed E-state index contributed by atoms with van der Waals surface area (Å²) < 4.78 is 0. The van der Waals surface area contributed by atoms with E-state index >= 15 is 0 Å². The van der Waals surface area contributed by atoms with Gasteiger partial charge in [0.25, 0.3) is 0 Å². The van der Waals surface area contributed by atoms with Crippen molar-refractivity contribution >= 4 is 11.9 Å². The Bertz CT molecular complexity index is 345. The molecule has 0 spiro atoms. The zero-order valence-corrected chi connectivity index (χ0v) is 12.1. The van der Waals surface area contributed by atoms with Gasteiger partial charge in [-0.25, -0.2) is 0 Å². The molecular weight excluding hydrogens is 256 g/mol. The molecule has 20 heavy (non-hydrogen) atoms. The lowest BCUT2D eigenvalue weighted by atomic mass is 9.71. The fourth-order valence-corrected chi connectivity index (χ4v) is 3.51. The number of piperidine rings is 1. The van der Waals surface area contributed by atoms with E-state index < -0.39 is 5.97 Å². The van der Waals surface area contributed by atoms with E-state index in [0.29, 0.717) is 6.54 Å². The van der Waals surface area contributed by atoms with Crippen molar-refractivity contribution in [1.82, 2.24) is 10.6 Å². The second kappa shape index (κ2) is 7.07. The van der Waals surface area contributed by atoms with Crippen LogP contribution in [-0.4, -0.2) is 36.1 Å². The van der Waals surface area contributed by atoms with E-state index in [0.717, 1.165) is 51.5 Å². The number of rotatable bonds is 5. The Balaban J connectivity index is 1.87. The maximum absolute atomic E-state index is 12.1. The smallest absolute Gasteiger partial charge is 0.303 e. The van der Waals surface area contributed by atoms with E-state index in [2.05, 4.69) is 10.6 Å². The quantitative estimate of drug-likeness (QED) is 0.717. The average Bonchev–Trinajstić information content (AvgIpc) is 2.46. The minimum Gasteiger partial charge on any atom is -0.481 e. The van der Waals surface area contributed by atoms with Gasteiger partial charge in [-0.3, -0.25) is 9.59 Å². The fourth-order valence-electron chi connectivity index (χ4n) is 3.51. The second-order valence-corrected chi connectivity index (χ2v) is 6.35. The molecule has 2 fully saturated rings. The summed E-state index contributed by atoms with van der Waals surface area (Å²) in [6, 6.07) is -0.0887. The van der Waals surface area contributed by atoms with Gasteiger partial charge in [0.1, 0.15) is 0 Å². The molecule has 1 aliphatic carbocycles. The summed E-state index contributed by atoms with van der Waals surface area (Å²) in [5, 5.41) is 15.4. The summed E-state index contributed by atoms with van der Waals surface area (Å²) in [6.07, 6.45) is 8.44. The molecule has 1 heterocycles. The normalized spacial score (nSPS) is 25.9. The number of carbonyl (C=O) groups excluding carboxylic acids is 1. The van der Waals surface area contributed by atoms with Gasteiger partial charge in [-0.05, 0) is 37.6 Å². The average molecular weight is 282 g/mol.